The lowest BCUT2D eigenvalue weighted by Gasteiger charge is -2.46. The first-order valence-corrected chi connectivity index (χ1v) is 12.4. The minimum atomic E-state index is -4.70. The quantitative estimate of drug-likeness (QED) is 0.473. The number of hydrogen-bond donors (Lipinski definition) is 1. The number of aromatic hydroxyl groups is 1. The van der Waals surface area contributed by atoms with Gasteiger partial charge in [0, 0.05) is 27.4 Å². The van der Waals surface area contributed by atoms with E-state index in [0.717, 1.165) is 39.0 Å². The van der Waals surface area contributed by atoms with Crippen LogP contribution in [0.2, 0.25) is 0 Å². The summed E-state index contributed by atoms with van der Waals surface area (Å²) in [6.45, 7) is 0.486. The van der Waals surface area contributed by atoms with Crippen LogP contribution in [0.25, 0.3) is 0 Å². The van der Waals surface area contributed by atoms with Crippen LogP contribution in [-0.2, 0) is 5.75 Å². The third-order valence-electron chi connectivity index (χ3n) is 6.33. The lowest BCUT2D eigenvalue weighted by molar-refractivity contribution is -0.173. The molecule has 1 N–H and O–H groups in total. The van der Waals surface area contributed by atoms with Gasteiger partial charge in [0.05, 0.1) is 6.04 Å². The molecular formula is C24H19BrF3N3O3S. The maximum Gasteiger partial charge on any atom is 0.408 e. The number of carbonyl (C=O) groups excluding carboxylic acids is 1. The Morgan fingerprint density at radius 3 is 2.60 bits per heavy atom. The normalized spacial score (nSPS) is 18.4. The van der Waals surface area contributed by atoms with Gasteiger partial charge in [-0.2, -0.15) is 13.2 Å². The summed E-state index contributed by atoms with van der Waals surface area (Å²) in [4.78, 5) is 27.0. The van der Waals surface area contributed by atoms with Crippen LogP contribution in [0.15, 0.2) is 68.9 Å². The Labute approximate surface area is 211 Å². The Morgan fingerprint density at radius 2 is 1.86 bits per heavy atom. The highest BCUT2D eigenvalue weighted by molar-refractivity contribution is 9.10. The number of carbonyl (C=O) groups is 1. The number of pyridine rings is 1. The minimum absolute atomic E-state index is 0.409. The Bertz CT molecular complexity index is 1390. The van der Waals surface area contributed by atoms with E-state index < -0.39 is 47.7 Å². The average molecular weight is 566 g/mol. The van der Waals surface area contributed by atoms with E-state index in [9.17, 15) is 27.9 Å². The molecule has 11 heteroatoms. The predicted octanol–water partition coefficient (Wildman–Crippen LogP) is 5.01. The molecule has 3 heterocycles. The van der Waals surface area contributed by atoms with Crippen molar-refractivity contribution in [3.8, 4) is 5.75 Å². The van der Waals surface area contributed by atoms with Crippen molar-refractivity contribution in [2.45, 2.75) is 35.8 Å². The number of thioether (sulfide) groups is 1. The van der Waals surface area contributed by atoms with E-state index in [-0.39, 0.29) is 0 Å². The number of aromatic nitrogens is 1. The lowest BCUT2D eigenvalue weighted by atomic mass is 9.94. The molecule has 1 aromatic heterocycles. The van der Waals surface area contributed by atoms with E-state index >= 15 is 0 Å². The van der Waals surface area contributed by atoms with Gasteiger partial charge in [0.15, 0.2) is 11.4 Å². The van der Waals surface area contributed by atoms with Gasteiger partial charge in [-0.25, -0.2) is 0 Å². The second kappa shape index (κ2) is 8.63. The molecule has 0 saturated carbocycles. The van der Waals surface area contributed by atoms with E-state index in [1.54, 1.807) is 16.8 Å². The van der Waals surface area contributed by atoms with Gasteiger partial charge in [-0.1, -0.05) is 46.3 Å². The molecule has 182 valence electrons. The summed E-state index contributed by atoms with van der Waals surface area (Å²) >= 11 is 5.10. The molecule has 2 atom stereocenters. The van der Waals surface area contributed by atoms with Gasteiger partial charge >= 0.3 is 6.18 Å². The number of alkyl halides is 3. The van der Waals surface area contributed by atoms with Gasteiger partial charge in [-0.3, -0.25) is 19.3 Å². The molecule has 35 heavy (non-hydrogen) atoms. The third-order valence-corrected chi connectivity index (χ3v) is 7.95. The molecule has 2 aromatic carbocycles. The predicted molar refractivity (Wildman–Crippen MR) is 129 cm³/mol. The number of fused-ring (bicyclic) bond motifs is 3. The third kappa shape index (κ3) is 4.00. The van der Waals surface area contributed by atoms with Crippen molar-refractivity contribution in [2.75, 3.05) is 11.7 Å². The maximum atomic E-state index is 13.8. The van der Waals surface area contributed by atoms with Crippen molar-refractivity contribution < 1.29 is 23.1 Å². The lowest BCUT2D eigenvalue weighted by Crippen LogP contribution is -2.60. The molecule has 6 nitrogen and oxygen atoms in total. The number of amides is 1. The van der Waals surface area contributed by atoms with Gasteiger partial charge < -0.3 is 10.0 Å². The Morgan fingerprint density at radius 1 is 1.11 bits per heavy atom. The zero-order valence-electron chi connectivity index (χ0n) is 18.3. The van der Waals surface area contributed by atoms with Gasteiger partial charge in [0.1, 0.15) is 12.7 Å². The van der Waals surface area contributed by atoms with Crippen molar-refractivity contribution in [2.24, 2.45) is 0 Å². The molecule has 0 unspecified atom stereocenters. The largest absolute Gasteiger partial charge is 0.502 e. The minimum Gasteiger partial charge on any atom is -0.502 e. The second-order valence-electron chi connectivity index (χ2n) is 8.37. The van der Waals surface area contributed by atoms with Crippen molar-refractivity contribution in [1.82, 2.24) is 9.58 Å². The Hall–Kier alpha value is -2.92. The number of hydrogen-bond acceptors (Lipinski definition) is 5. The van der Waals surface area contributed by atoms with Crippen LogP contribution in [0, 0.1) is 0 Å². The van der Waals surface area contributed by atoms with Crippen molar-refractivity contribution >= 4 is 33.6 Å². The fraction of sp³-hybridized carbons (Fsp3) is 0.250. The van der Waals surface area contributed by atoms with Crippen molar-refractivity contribution in [3.05, 3.63) is 91.8 Å². The summed E-state index contributed by atoms with van der Waals surface area (Å²) in [5.41, 5.74) is 1.36. The zero-order valence-corrected chi connectivity index (χ0v) is 20.7. The topological polar surface area (TPSA) is 65.8 Å². The van der Waals surface area contributed by atoms with Gasteiger partial charge in [0.2, 0.25) is 5.43 Å². The van der Waals surface area contributed by atoms with E-state index in [4.69, 9.17) is 0 Å². The van der Waals surface area contributed by atoms with Crippen LogP contribution in [0.5, 0.6) is 5.75 Å². The van der Waals surface area contributed by atoms with Crippen LogP contribution >= 0.6 is 27.7 Å². The Kier molecular flexibility index (Phi) is 5.87. The summed E-state index contributed by atoms with van der Waals surface area (Å²) in [5.74, 6) is -1.30. The maximum absolute atomic E-state index is 13.8. The SMILES string of the molecule is C[C@@H](N1CN([C@@H]2c3ccccc3CSc3cc(Br)ccc32)n2ccc(=O)c(O)c2C1=O)C(F)(F)F. The molecule has 3 aromatic rings. The van der Waals surface area contributed by atoms with Crippen molar-refractivity contribution in [3.63, 3.8) is 0 Å². The van der Waals surface area contributed by atoms with Crippen LogP contribution in [-0.4, -0.2) is 39.5 Å². The molecule has 2 aliphatic rings. The zero-order chi connectivity index (χ0) is 25.1. The highest BCUT2D eigenvalue weighted by Crippen LogP contribution is 2.44. The first-order valence-electron chi connectivity index (χ1n) is 10.7. The monoisotopic (exact) mass is 565 g/mol. The van der Waals surface area contributed by atoms with Gasteiger partial charge in [0.25, 0.3) is 5.91 Å². The van der Waals surface area contributed by atoms with Gasteiger partial charge in [-0.05, 0) is 35.7 Å². The number of nitrogens with zero attached hydrogens (tertiary/aromatic N) is 3. The molecule has 1 amide bonds. The molecule has 5 rings (SSSR count). The fourth-order valence-corrected chi connectivity index (χ4v) is 6.11. The standard InChI is InChI=1S/C24H19BrF3N3O3S/c1-13(24(26,27)28)29-12-31(30-9-8-18(32)22(33)21(30)23(29)34)20-16-5-3-2-4-14(16)11-35-19-10-15(25)6-7-17(19)20/h2-10,13,20,33H,11-12H2,1H3/t13-,20-/m1/s1. The highest BCUT2D eigenvalue weighted by atomic mass is 79.9. The molecule has 0 fully saturated rings. The fourth-order valence-electron chi connectivity index (χ4n) is 4.47. The molecular weight excluding hydrogens is 547 g/mol. The molecule has 0 aliphatic carbocycles. The number of halogens is 4. The smallest absolute Gasteiger partial charge is 0.408 e. The molecule has 2 aliphatic heterocycles. The molecule has 0 radical (unpaired) electrons. The average Bonchev–Trinajstić information content (AvgIpc) is 2.97. The summed E-state index contributed by atoms with van der Waals surface area (Å²) in [5, 5.41) is 12.1. The summed E-state index contributed by atoms with van der Waals surface area (Å²) in [6, 6.07) is 11.7. The first kappa shape index (κ1) is 23.8. The van der Waals surface area contributed by atoms with Gasteiger partial charge in [-0.15, -0.1) is 11.8 Å². The number of benzene rings is 2. The number of rotatable bonds is 2. The molecule has 0 saturated heterocycles. The second-order valence-corrected chi connectivity index (χ2v) is 10.3. The first-order chi connectivity index (χ1) is 16.6. The van der Waals surface area contributed by atoms with E-state index in [2.05, 4.69) is 15.9 Å². The Balaban J connectivity index is 1.78. The van der Waals surface area contributed by atoms with Crippen LogP contribution in [0.4, 0.5) is 13.2 Å². The van der Waals surface area contributed by atoms with Crippen LogP contribution in [0.1, 0.15) is 40.1 Å². The van der Waals surface area contributed by atoms with E-state index in [1.807, 2.05) is 42.5 Å². The summed E-state index contributed by atoms with van der Waals surface area (Å²) in [7, 11) is 0. The van der Waals surface area contributed by atoms with Crippen LogP contribution in [0.3, 0.4) is 0 Å². The van der Waals surface area contributed by atoms with Crippen molar-refractivity contribution in [1.29, 1.82) is 0 Å². The van der Waals surface area contributed by atoms with E-state index in [1.165, 1.54) is 10.9 Å². The van der Waals surface area contributed by atoms with E-state index in [0.29, 0.717) is 10.7 Å². The summed E-state index contributed by atoms with van der Waals surface area (Å²) < 4.78 is 43.5. The summed E-state index contributed by atoms with van der Waals surface area (Å²) in [6.07, 6.45) is -3.38. The highest BCUT2D eigenvalue weighted by Gasteiger charge is 2.47. The molecule has 0 bridgehead atoms. The molecule has 0 spiro atoms. The van der Waals surface area contributed by atoms with Crippen LogP contribution < -0.4 is 10.4 Å².